The lowest BCUT2D eigenvalue weighted by molar-refractivity contribution is -0.0540. The highest BCUT2D eigenvalue weighted by molar-refractivity contribution is 5.25. The third kappa shape index (κ3) is 3.66. The molecule has 0 bridgehead atoms. The second-order valence-electron chi connectivity index (χ2n) is 12.4. The highest BCUT2D eigenvalue weighted by Gasteiger charge is 2.58. The molecule has 4 aliphatic carbocycles. The first-order valence-electron chi connectivity index (χ1n) is 13.3. The first-order chi connectivity index (χ1) is 14.2. The van der Waals surface area contributed by atoms with Crippen molar-refractivity contribution in [3.05, 3.63) is 23.8 Å². The Morgan fingerprint density at radius 2 is 1.80 bits per heavy atom. The number of hydrogen-bond donors (Lipinski definition) is 1. The number of aliphatic hydroxyl groups is 1. The average molecular weight is 413 g/mol. The van der Waals surface area contributed by atoms with E-state index in [1.807, 2.05) is 0 Å². The molecule has 0 heterocycles. The van der Waals surface area contributed by atoms with Crippen LogP contribution in [0.15, 0.2) is 23.8 Å². The molecule has 0 aromatic rings. The molecule has 9 atom stereocenters. The van der Waals surface area contributed by atoms with E-state index >= 15 is 0 Å². The molecule has 0 saturated heterocycles. The first-order valence-corrected chi connectivity index (χ1v) is 13.3. The van der Waals surface area contributed by atoms with Crippen LogP contribution in [0.4, 0.5) is 0 Å². The van der Waals surface area contributed by atoms with Crippen LogP contribution in [0.1, 0.15) is 99.3 Å². The van der Waals surface area contributed by atoms with Crippen LogP contribution in [0, 0.1) is 52.3 Å². The number of hydrogen-bond acceptors (Lipinski definition) is 1. The molecule has 0 amide bonds. The van der Waals surface area contributed by atoms with Crippen LogP contribution in [-0.2, 0) is 0 Å². The lowest BCUT2D eigenvalue weighted by atomic mass is 9.47. The van der Waals surface area contributed by atoms with Crippen molar-refractivity contribution in [1.82, 2.24) is 0 Å². The fraction of sp³-hybridized carbons (Fsp3) is 0.862. The molecular formula is C29H48O. The van der Waals surface area contributed by atoms with E-state index in [2.05, 4.69) is 59.8 Å². The second kappa shape index (κ2) is 8.42. The van der Waals surface area contributed by atoms with Gasteiger partial charge < -0.3 is 5.11 Å². The monoisotopic (exact) mass is 412 g/mol. The minimum atomic E-state index is -0.0870. The zero-order valence-electron chi connectivity index (χ0n) is 20.7. The Bertz CT molecular complexity index is 674. The molecule has 170 valence electrons. The Morgan fingerprint density at radius 3 is 2.50 bits per heavy atom. The molecule has 1 heteroatoms. The molecular weight excluding hydrogens is 364 g/mol. The summed E-state index contributed by atoms with van der Waals surface area (Å²) in [6.07, 6.45) is 19.1. The zero-order valence-corrected chi connectivity index (χ0v) is 20.7. The quantitative estimate of drug-likeness (QED) is 0.457. The van der Waals surface area contributed by atoms with Gasteiger partial charge in [0.15, 0.2) is 0 Å². The van der Waals surface area contributed by atoms with Crippen molar-refractivity contribution in [2.24, 2.45) is 52.3 Å². The molecule has 0 unspecified atom stereocenters. The fourth-order valence-corrected chi connectivity index (χ4v) is 8.83. The van der Waals surface area contributed by atoms with Crippen LogP contribution in [-0.4, -0.2) is 11.2 Å². The fourth-order valence-electron chi connectivity index (χ4n) is 8.83. The predicted octanol–water partition coefficient (Wildman–Crippen LogP) is 7.80. The van der Waals surface area contributed by atoms with Crippen LogP contribution >= 0.6 is 0 Å². The second-order valence-corrected chi connectivity index (χ2v) is 12.4. The summed E-state index contributed by atoms with van der Waals surface area (Å²) in [6, 6.07) is 0. The maximum absolute atomic E-state index is 10.2. The van der Waals surface area contributed by atoms with Gasteiger partial charge in [-0.25, -0.2) is 0 Å². The molecule has 4 rings (SSSR count). The number of aliphatic hydroxyl groups excluding tert-OH is 1. The summed E-state index contributed by atoms with van der Waals surface area (Å²) in [5.74, 6) is 5.70. The Morgan fingerprint density at radius 1 is 1.03 bits per heavy atom. The molecule has 0 aromatic heterocycles. The van der Waals surface area contributed by atoms with Crippen molar-refractivity contribution >= 4 is 0 Å². The molecule has 1 N–H and O–H groups in total. The van der Waals surface area contributed by atoms with Gasteiger partial charge in [-0.05, 0) is 110 Å². The third-order valence-corrected chi connectivity index (χ3v) is 10.8. The van der Waals surface area contributed by atoms with E-state index in [1.54, 1.807) is 5.57 Å². The van der Waals surface area contributed by atoms with Crippen LogP contribution < -0.4 is 0 Å². The summed E-state index contributed by atoms with van der Waals surface area (Å²) in [4.78, 5) is 0. The Labute approximate surface area is 186 Å². The lowest BCUT2D eigenvalue weighted by Crippen LogP contribution is -2.50. The summed E-state index contributed by atoms with van der Waals surface area (Å²) in [7, 11) is 0. The zero-order chi connectivity index (χ0) is 21.7. The van der Waals surface area contributed by atoms with E-state index in [1.165, 1.54) is 44.9 Å². The minimum Gasteiger partial charge on any atom is -0.393 e. The van der Waals surface area contributed by atoms with Crippen molar-refractivity contribution in [3.8, 4) is 0 Å². The standard InChI is InChI=1S/C29H48O/c1-7-21(19(2)3)9-8-20(4)25-12-13-26-24-11-10-22-18-23(30)14-16-28(22,5)27(24)15-17-29(25,26)6/h8-10,19-21,23-27,30H,7,11-18H2,1-6H3/b9-8+/t20-,21-,23+,24-,25-,26+,27+,28+,29-/m1/s1. The van der Waals surface area contributed by atoms with Crippen LogP contribution in [0.2, 0.25) is 0 Å². The van der Waals surface area contributed by atoms with Gasteiger partial charge in [0.2, 0.25) is 0 Å². The van der Waals surface area contributed by atoms with E-state index in [4.69, 9.17) is 0 Å². The average Bonchev–Trinajstić information content (AvgIpc) is 3.06. The molecule has 0 radical (unpaired) electrons. The number of fused-ring (bicyclic) bond motifs is 5. The molecule has 1 nitrogen and oxygen atoms in total. The van der Waals surface area contributed by atoms with Gasteiger partial charge in [0, 0.05) is 0 Å². The van der Waals surface area contributed by atoms with Crippen molar-refractivity contribution < 1.29 is 5.11 Å². The van der Waals surface area contributed by atoms with Gasteiger partial charge in [-0.15, -0.1) is 0 Å². The van der Waals surface area contributed by atoms with Crippen molar-refractivity contribution in [3.63, 3.8) is 0 Å². The van der Waals surface area contributed by atoms with Crippen LogP contribution in [0.25, 0.3) is 0 Å². The normalized spacial score (nSPS) is 45.6. The highest BCUT2D eigenvalue weighted by atomic mass is 16.3. The number of allylic oxidation sites excluding steroid dienone is 3. The van der Waals surface area contributed by atoms with Gasteiger partial charge in [0.25, 0.3) is 0 Å². The Kier molecular flexibility index (Phi) is 6.35. The van der Waals surface area contributed by atoms with Gasteiger partial charge in [-0.2, -0.15) is 0 Å². The van der Waals surface area contributed by atoms with Gasteiger partial charge in [-0.1, -0.05) is 65.3 Å². The molecule has 3 saturated carbocycles. The SMILES string of the molecule is CC[C@H](/C=C/[C@@H](C)[C@H]1CC[C@H]2[C@H]3CC=C4C[C@@H](O)CC[C@]4(C)[C@H]3CC[C@]12C)C(C)C. The Balaban J connectivity index is 1.52. The van der Waals surface area contributed by atoms with Crippen molar-refractivity contribution in [2.75, 3.05) is 0 Å². The smallest absolute Gasteiger partial charge is 0.0577 e. The van der Waals surface area contributed by atoms with E-state index < -0.39 is 0 Å². The van der Waals surface area contributed by atoms with Crippen LogP contribution in [0.5, 0.6) is 0 Å². The van der Waals surface area contributed by atoms with Crippen LogP contribution in [0.3, 0.4) is 0 Å². The summed E-state index contributed by atoms with van der Waals surface area (Å²) < 4.78 is 0. The lowest BCUT2D eigenvalue weighted by Gasteiger charge is -2.58. The van der Waals surface area contributed by atoms with Gasteiger partial charge in [-0.3, -0.25) is 0 Å². The van der Waals surface area contributed by atoms with Crippen molar-refractivity contribution in [1.29, 1.82) is 0 Å². The van der Waals surface area contributed by atoms with Gasteiger partial charge in [0.05, 0.1) is 6.10 Å². The van der Waals surface area contributed by atoms with E-state index in [9.17, 15) is 5.11 Å². The summed E-state index contributed by atoms with van der Waals surface area (Å²) >= 11 is 0. The molecule has 3 fully saturated rings. The topological polar surface area (TPSA) is 20.2 Å². The number of rotatable bonds is 5. The van der Waals surface area contributed by atoms with Gasteiger partial charge >= 0.3 is 0 Å². The molecule has 4 aliphatic rings. The van der Waals surface area contributed by atoms with E-state index in [-0.39, 0.29) is 6.10 Å². The molecule has 0 aliphatic heterocycles. The summed E-state index contributed by atoms with van der Waals surface area (Å²) in [5, 5.41) is 10.2. The molecule has 0 spiro atoms. The van der Waals surface area contributed by atoms with E-state index in [0.29, 0.717) is 16.7 Å². The predicted molar refractivity (Wildman–Crippen MR) is 128 cm³/mol. The van der Waals surface area contributed by atoms with Crippen molar-refractivity contribution in [2.45, 2.75) is 105 Å². The van der Waals surface area contributed by atoms with E-state index in [0.717, 1.165) is 48.3 Å². The molecule has 30 heavy (non-hydrogen) atoms. The highest BCUT2D eigenvalue weighted by Crippen LogP contribution is 2.67. The summed E-state index contributed by atoms with van der Waals surface area (Å²) in [5.41, 5.74) is 2.51. The maximum Gasteiger partial charge on any atom is 0.0577 e. The molecule has 0 aromatic carbocycles. The minimum absolute atomic E-state index is 0.0870. The Hall–Kier alpha value is -0.560. The third-order valence-electron chi connectivity index (χ3n) is 10.8. The largest absolute Gasteiger partial charge is 0.393 e. The summed E-state index contributed by atoms with van der Waals surface area (Å²) in [6.45, 7) is 14.8. The maximum atomic E-state index is 10.2. The van der Waals surface area contributed by atoms with Gasteiger partial charge in [0.1, 0.15) is 0 Å². The first kappa shape index (κ1) is 22.6.